The minimum atomic E-state index is -1.34. The average molecular weight is 469 g/mol. The molecule has 0 aromatic heterocycles. The van der Waals surface area contributed by atoms with Gasteiger partial charge in [-0.15, -0.1) is 0 Å². The lowest BCUT2D eigenvalue weighted by atomic mass is 9.62. The van der Waals surface area contributed by atoms with Gasteiger partial charge in [0.15, 0.2) is 0 Å². The molecule has 0 spiro atoms. The van der Waals surface area contributed by atoms with Gasteiger partial charge in [0, 0.05) is 17.7 Å². The highest BCUT2D eigenvalue weighted by Crippen LogP contribution is 2.50. The molecule has 2 aromatic rings. The van der Waals surface area contributed by atoms with Crippen LogP contribution in [0.4, 0.5) is 4.39 Å². The monoisotopic (exact) mass is 468 g/mol. The minimum absolute atomic E-state index is 0.0790. The van der Waals surface area contributed by atoms with Gasteiger partial charge in [-0.1, -0.05) is 45.6 Å². The number of rotatable bonds is 7. The number of hydrogen-bond acceptors (Lipinski definition) is 4. The Morgan fingerprint density at radius 2 is 1.82 bits per heavy atom. The summed E-state index contributed by atoms with van der Waals surface area (Å²) in [5.41, 5.74) is 2.58. The van der Waals surface area contributed by atoms with Crippen LogP contribution in [0.15, 0.2) is 30.3 Å². The van der Waals surface area contributed by atoms with Gasteiger partial charge in [0.05, 0.1) is 12.2 Å². The van der Waals surface area contributed by atoms with Crippen LogP contribution in [0.1, 0.15) is 86.2 Å². The van der Waals surface area contributed by atoms with Crippen molar-refractivity contribution in [3.63, 3.8) is 0 Å². The smallest absolute Gasteiger partial charge is 0.338 e. The summed E-state index contributed by atoms with van der Waals surface area (Å²) in [6.45, 7) is 12.2. The van der Waals surface area contributed by atoms with E-state index >= 15 is 0 Å². The molecule has 5 nitrogen and oxygen atoms in total. The standard InChI is InChI=1S/C28H33FO5/c1-6-33-13-14-34-24-17-19(16-21-25(24)28(4,5)12-11-27(21,2)3)23(30)10-8-18-7-9-20(26(31)32)22(29)15-18/h7,9,15-17,23,30H,6,11-14H2,1-5H3,(H,31,32). The summed E-state index contributed by atoms with van der Waals surface area (Å²) in [7, 11) is 0. The van der Waals surface area contributed by atoms with E-state index < -0.39 is 23.5 Å². The summed E-state index contributed by atoms with van der Waals surface area (Å²) in [4.78, 5) is 11.0. The van der Waals surface area contributed by atoms with Crippen molar-refractivity contribution in [3.05, 3.63) is 64.0 Å². The van der Waals surface area contributed by atoms with Gasteiger partial charge < -0.3 is 19.7 Å². The highest BCUT2D eigenvalue weighted by molar-refractivity contribution is 5.88. The van der Waals surface area contributed by atoms with Crippen molar-refractivity contribution < 1.29 is 28.9 Å². The lowest BCUT2D eigenvalue weighted by Gasteiger charge is -2.43. The van der Waals surface area contributed by atoms with E-state index in [9.17, 15) is 14.3 Å². The maximum atomic E-state index is 14.0. The third kappa shape index (κ3) is 5.60. The Kier molecular flexibility index (Phi) is 7.70. The van der Waals surface area contributed by atoms with E-state index in [4.69, 9.17) is 14.6 Å². The molecule has 34 heavy (non-hydrogen) atoms. The summed E-state index contributed by atoms with van der Waals surface area (Å²) in [6, 6.07) is 7.49. The maximum absolute atomic E-state index is 14.0. The number of carboxylic acids is 1. The van der Waals surface area contributed by atoms with Gasteiger partial charge in [-0.05, 0) is 66.0 Å². The Hall–Kier alpha value is -2.88. The van der Waals surface area contributed by atoms with Crippen LogP contribution in [0.2, 0.25) is 0 Å². The number of benzene rings is 2. The van der Waals surface area contributed by atoms with E-state index in [0.29, 0.717) is 25.4 Å². The third-order valence-corrected chi connectivity index (χ3v) is 6.46. The molecule has 1 aliphatic carbocycles. The van der Waals surface area contributed by atoms with Crippen molar-refractivity contribution in [1.29, 1.82) is 0 Å². The molecule has 0 fully saturated rings. The molecule has 0 heterocycles. The zero-order chi connectivity index (χ0) is 25.1. The van der Waals surface area contributed by atoms with E-state index in [1.165, 1.54) is 12.1 Å². The number of ether oxygens (including phenoxy) is 2. The first-order valence-corrected chi connectivity index (χ1v) is 11.6. The molecule has 1 atom stereocenters. The van der Waals surface area contributed by atoms with Crippen molar-refractivity contribution in [3.8, 4) is 17.6 Å². The number of fused-ring (bicyclic) bond motifs is 1. The molecule has 0 amide bonds. The molecule has 0 aliphatic heterocycles. The number of carboxylic acid groups (broad SMARTS) is 1. The van der Waals surface area contributed by atoms with Crippen molar-refractivity contribution >= 4 is 5.97 Å². The fourth-order valence-corrected chi connectivity index (χ4v) is 4.38. The Morgan fingerprint density at radius 1 is 1.12 bits per heavy atom. The van der Waals surface area contributed by atoms with Gasteiger partial charge in [-0.3, -0.25) is 0 Å². The first-order chi connectivity index (χ1) is 16.0. The normalized spacial score (nSPS) is 16.7. The highest BCUT2D eigenvalue weighted by Gasteiger charge is 2.40. The Bertz CT molecular complexity index is 1120. The predicted molar refractivity (Wildman–Crippen MR) is 129 cm³/mol. The van der Waals surface area contributed by atoms with E-state index in [0.717, 1.165) is 35.8 Å². The molecule has 0 bridgehead atoms. The van der Waals surface area contributed by atoms with Crippen LogP contribution in [-0.4, -0.2) is 36.0 Å². The number of aliphatic hydroxyl groups excluding tert-OH is 1. The van der Waals surface area contributed by atoms with E-state index in [1.807, 2.05) is 19.1 Å². The van der Waals surface area contributed by atoms with Gasteiger partial charge >= 0.3 is 5.97 Å². The van der Waals surface area contributed by atoms with E-state index in [2.05, 4.69) is 39.5 Å². The molecule has 0 saturated heterocycles. The van der Waals surface area contributed by atoms with Gasteiger partial charge in [-0.25, -0.2) is 9.18 Å². The van der Waals surface area contributed by atoms with E-state index in [-0.39, 0.29) is 16.4 Å². The van der Waals surface area contributed by atoms with Crippen molar-refractivity contribution in [2.45, 2.75) is 64.4 Å². The number of carbonyl (C=O) groups is 1. The number of aromatic carboxylic acids is 1. The van der Waals surface area contributed by atoms with Crippen molar-refractivity contribution in [2.75, 3.05) is 19.8 Å². The van der Waals surface area contributed by atoms with Crippen LogP contribution < -0.4 is 4.74 Å². The van der Waals surface area contributed by atoms with Crippen LogP contribution in [0.25, 0.3) is 0 Å². The molecule has 1 unspecified atom stereocenters. The largest absolute Gasteiger partial charge is 0.491 e. The van der Waals surface area contributed by atoms with Crippen LogP contribution in [-0.2, 0) is 15.6 Å². The Labute approximate surface area is 200 Å². The number of halogens is 1. The Balaban J connectivity index is 1.99. The van der Waals surface area contributed by atoms with Gasteiger partial charge in [-0.2, -0.15) is 0 Å². The molecular formula is C28H33FO5. The molecule has 2 aromatic carbocycles. The van der Waals surface area contributed by atoms with Crippen molar-refractivity contribution in [2.24, 2.45) is 0 Å². The Morgan fingerprint density at radius 3 is 2.47 bits per heavy atom. The second-order valence-corrected chi connectivity index (χ2v) is 9.93. The summed E-state index contributed by atoms with van der Waals surface area (Å²) in [6.07, 6.45) is 0.905. The highest BCUT2D eigenvalue weighted by atomic mass is 19.1. The molecule has 6 heteroatoms. The van der Waals surface area contributed by atoms with Crippen LogP contribution in [0, 0.1) is 17.7 Å². The van der Waals surface area contributed by atoms with Crippen LogP contribution in [0.5, 0.6) is 5.75 Å². The number of hydrogen-bond donors (Lipinski definition) is 2. The molecule has 182 valence electrons. The molecule has 0 radical (unpaired) electrons. The first-order valence-electron chi connectivity index (χ1n) is 11.6. The SMILES string of the molecule is CCOCCOc1cc(C(O)C#Cc2ccc(C(=O)O)c(F)c2)cc2c1C(C)(C)CCC2(C)C. The molecule has 1 aliphatic rings. The van der Waals surface area contributed by atoms with Gasteiger partial charge in [0.1, 0.15) is 24.3 Å². The van der Waals surface area contributed by atoms with Crippen LogP contribution in [0.3, 0.4) is 0 Å². The van der Waals surface area contributed by atoms with Crippen molar-refractivity contribution in [1.82, 2.24) is 0 Å². The molecule has 2 N–H and O–H groups in total. The summed E-state index contributed by atoms with van der Waals surface area (Å²) < 4.78 is 25.6. The molecule has 3 rings (SSSR count). The fraction of sp³-hybridized carbons (Fsp3) is 0.464. The second kappa shape index (κ2) is 10.2. The molecular weight excluding hydrogens is 435 g/mol. The maximum Gasteiger partial charge on any atom is 0.338 e. The van der Waals surface area contributed by atoms with Crippen LogP contribution >= 0.6 is 0 Å². The summed E-state index contributed by atoms with van der Waals surface area (Å²) in [5, 5.41) is 19.9. The number of aliphatic hydroxyl groups is 1. The second-order valence-electron chi connectivity index (χ2n) is 9.93. The first kappa shape index (κ1) is 25.7. The average Bonchev–Trinajstić information content (AvgIpc) is 2.77. The summed E-state index contributed by atoms with van der Waals surface area (Å²) >= 11 is 0. The lowest BCUT2D eigenvalue weighted by molar-refractivity contribution is 0.0692. The lowest BCUT2D eigenvalue weighted by Crippen LogP contribution is -2.34. The molecule has 0 saturated carbocycles. The predicted octanol–water partition coefficient (Wildman–Crippen LogP) is 5.37. The fourth-order valence-electron chi connectivity index (χ4n) is 4.38. The topological polar surface area (TPSA) is 76.0 Å². The third-order valence-electron chi connectivity index (χ3n) is 6.46. The van der Waals surface area contributed by atoms with Gasteiger partial charge in [0.2, 0.25) is 0 Å². The summed E-state index contributed by atoms with van der Waals surface area (Å²) in [5.74, 6) is 4.03. The zero-order valence-electron chi connectivity index (χ0n) is 20.5. The quantitative estimate of drug-likeness (QED) is 0.422. The minimum Gasteiger partial charge on any atom is -0.491 e. The van der Waals surface area contributed by atoms with E-state index in [1.54, 1.807) is 0 Å². The zero-order valence-corrected chi connectivity index (χ0v) is 20.5. The van der Waals surface area contributed by atoms with Gasteiger partial charge in [0.25, 0.3) is 0 Å².